The number of aromatic carboxylic acids is 1. The van der Waals surface area contributed by atoms with E-state index in [0.29, 0.717) is 0 Å². The van der Waals surface area contributed by atoms with Crippen LogP contribution in [-0.2, 0) is 4.79 Å². The van der Waals surface area contributed by atoms with Crippen molar-refractivity contribution in [3.63, 3.8) is 0 Å². The number of carbonyl (C=O) groups is 2. The van der Waals surface area contributed by atoms with E-state index in [-0.39, 0.29) is 28.1 Å². The zero-order valence-electron chi connectivity index (χ0n) is 11.8. The van der Waals surface area contributed by atoms with Gasteiger partial charge in [-0.3, -0.25) is 4.79 Å². The molecule has 20 heavy (non-hydrogen) atoms. The zero-order valence-corrected chi connectivity index (χ0v) is 12.5. The number of benzene rings is 1. The van der Waals surface area contributed by atoms with E-state index >= 15 is 0 Å². The van der Waals surface area contributed by atoms with Gasteiger partial charge < -0.3 is 10.4 Å². The maximum absolute atomic E-state index is 12.3. The molecule has 0 radical (unpaired) electrons. The van der Waals surface area contributed by atoms with E-state index in [9.17, 15) is 9.59 Å². The van der Waals surface area contributed by atoms with Gasteiger partial charge >= 0.3 is 5.97 Å². The lowest BCUT2D eigenvalue weighted by Crippen LogP contribution is -2.24. The molecule has 0 heterocycles. The number of carboxylic acids is 1. The second-order valence-electron chi connectivity index (χ2n) is 4.73. The minimum Gasteiger partial charge on any atom is -0.478 e. The van der Waals surface area contributed by atoms with E-state index < -0.39 is 5.97 Å². The molecular formula is C15H20ClNO3. The molecule has 0 spiro atoms. The van der Waals surface area contributed by atoms with Crippen LogP contribution in [0.5, 0.6) is 0 Å². The van der Waals surface area contributed by atoms with Gasteiger partial charge in [-0.15, -0.1) is 0 Å². The lowest BCUT2D eigenvalue weighted by atomic mass is 9.97. The molecule has 0 unspecified atom stereocenters. The number of hydrogen-bond acceptors (Lipinski definition) is 2. The fraction of sp³-hybridized carbons (Fsp3) is 0.467. The molecule has 0 bridgehead atoms. The molecule has 0 fully saturated rings. The van der Waals surface area contributed by atoms with Crippen molar-refractivity contribution in [2.24, 2.45) is 5.92 Å². The zero-order chi connectivity index (χ0) is 15.1. The van der Waals surface area contributed by atoms with Gasteiger partial charge in [0.25, 0.3) is 0 Å². The standard InChI is InChI=1S/C15H20ClNO3/c1-3-6-10(7-4-2)14(18)17-13-11(15(19)20)8-5-9-12(13)16/h5,8-10H,3-4,6-7H2,1-2H3,(H,17,18)(H,19,20). The first-order valence-corrected chi connectivity index (χ1v) is 7.21. The summed E-state index contributed by atoms with van der Waals surface area (Å²) in [5.41, 5.74) is 0.196. The van der Waals surface area contributed by atoms with Crippen LogP contribution >= 0.6 is 11.6 Å². The molecule has 0 atom stereocenters. The van der Waals surface area contributed by atoms with Gasteiger partial charge in [0.1, 0.15) is 0 Å². The fourth-order valence-corrected chi connectivity index (χ4v) is 2.38. The summed E-state index contributed by atoms with van der Waals surface area (Å²) in [5.74, 6) is -1.38. The summed E-state index contributed by atoms with van der Waals surface area (Å²) in [6.45, 7) is 4.04. The SMILES string of the molecule is CCCC(CCC)C(=O)Nc1c(Cl)cccc1C(=O)O. The van der Waals surface area contributed by atoms with Crippen LogP contribution in [0.2, 0.25) is 5.02 Å². The van der Waals surface area contributed by atoms with Crippen molar-refractivity contribution in [1.29, 1.82) is 0 Å². The van der Waals surface area contributed by atoms with Crippen molar-refractivity contribution < 1.29 is 14.7 Å². The van der Waals surface area contributed by atoms with Gasteiger partial charge in [-0.25, -0.2) is 4.79 Å². The molecule has 1 amide bonds. The Morgan fingerprint density at radius 3 is 2.35 bits per heavy atom. The topological polar surface area (TPSA) is 66.4 Å². The van der Waals surface area contributed by atoms with Gasteiger partial charge in [0.15, 0.2) is 0 Å². The minimum atomic E-state index is -1.11. The van der Waals surface area contributed by atoms with Gasteiger partial charge in [-0.2, -0.15) is 0 Å². The molecule has 0 aliphatic heterocycles. The van der Waals surface area contributed by atoms with Crippen molar-refractivity contribution >= 4 is 29.2 Å². The Morgan fingerprint density at radius 1 is 1.25 bits per heavy atom. The summed E-state index contributed by atoms with van der Waals surface area (Å²) in [4.78, 5) is 23.4. The van der Waals surface area contributed by atoms with Gasteiger partial charge in [-0.1, -0.05) is 44.4 Å². The highest BCUT2D eigenvalue weighted by atomic mass is 35.5. The molecule has 110 valence electrons. The van der Waals surface area contributed by atoms with Crippen molar-refractivity contribution in [2.75, 3.05) is 5.32 Å². The average molecular weight is 298 g/mol. The monoisotopic (exact) mass is 297 g/mol. The van der Waals surface area contributed by atoms with Gasteiger partial charge in [0, 0.05) is 5.92 Å². The van der Waals surface area contributed by atoms with Gasteiger partial charge in [-0.05, 0) is 25.0 Å². The fourth-order valence-electron chi connectivity index (χ4n) is 2.16. The van der Waals surface area contributed by atoms with Crippen LogP contribution in [-0.4, -0.2) is 17.0 Å². The van der Waals surface area contributed by atoms with Crippen LogP contribution in [0.4, 0.5) is 5.69 Å². The van der Waals surface area contributed by atoms with Crippen LogP contribution in [0.25, 0.3) is 0 Å². The molecule has 5 heteroatoms. The van der Waals surface area contributed by atoms with Crippen LogP contribution in [0.1, 0.15) is 49.9 Å². The van der Waals surface area contributed by atoms with Crippen LogP contribution in [0, 0.1) is 5.92 Å². The predicted molar refractivity (Wildman–Crippen MR) is 80.3 cm³/mol. The summed E-state index contributed by atoms with van der Waals surface area (Å²) in [5, 5.41) is 12.1. The Bertz CT molecular complexity index is 482. The molecule has 0 saturated carbocycles. The molecule has 0 aliphatic carbocycles. The third-order valence-corrected chi connectivity index (χ3v) is 3.45. The molecule has 4 nitrogen and oxygen atoms in total. The highest BCUT2D eigenvalue weighted by Crippen LogP contribution is 2.27. The van der Waals surface area contributed by atoms with E-state index in [0.717, 1.165) is 25.7 Å². The number of carbonyl (C=O) groups excluding carboxylic acids is 1. The Kier molecular flexibility index (Phi) is 6.52. The Morgan fingerprint density at radius 2 is 1.85 bits per heavy atom. The van der Waals surface area contributed by atoms with Gasteiger partial charge in [0.05, 0.1) is 16.3 Å². The molecule has 2 N–H and O–H groups in total. The van der Waals surface area contributed by atoms with E-state index in [4.69, 9.17) is 16.7 Å². The lowest BCUT2D eigenvalue weighted by molar-refractivity contribution is -0.120. The molecular weight excluding hydrogens is 278 g/mol. The summed E-state index contributed by atoms with van der Waals surface area (Å²) in [7, 11) is 0. The third-order valence-electron chi connectivity index (χ3n) is 3.14. The largest absolute Gasteiger partial charge is 0.478 e. The highest BCUT2D eigenvalue weighted by Gasteiger charge is 2.20. The second kappa shape index (κ2) is 7.90. The van der Waals surface area contributed by atoms with Gasteiger partial charge in [0.2, 0.25) is 5.91 Å². The number of nitrogens with one attached hydrogen (secondary N) is 1. The third kappa shape index (κ3) is 4.23. The van der Waals surface area contributed by atoms with E-state index in [1.165, 1.54) is 6.07 Å². The first-order valence-electron chi connectivity index (χ1n) is 6.83. The summed E-state index contributed by atoms with van der Waals surface area (Å²) >= 11 is 6.00. The van der Waals surface area contributed by atoms with E-state index in [1.54, 1.807) is 12.1 Å². The van der Waals surface area contributed by atoms with Crippen LogP contribution < -0.4 is 5.32 Å². The summed E-state index contributed by atoms with van der Waals surface area (Å²) in [6.07, 6.45) is 3.39. The van der Waals surface area contributed by atoms with E-state index in [2.05, 4.69) is 5.32 Å². The molecule has 0 aliphatic rings. The number of carboxylic acid groups (broad SMARTS) is 1. The Balaban J connectivity index is 2.97. The molecule has 1 rings (SSSR count). The second-order valence-corrected chi connectivity index (χ2v) is 5.14. The molecule has 0 saturated heterocycles. The maximum Gasteiger partial charge on any atom is 0.337 e. The number of amides is 1. The van der Waals surface area contributed by atoms with Crippen molar-refractivity contribution in [3.8, 4) is 0 Å². The molecule has 1 aromatic carbocycles. The smallest absolute Gasteiger partial charge is 0.337 e. The average Bonchev–Trinajstić information content (AvgIpc) is 2.40. The minimum absolute atomic E-state index is 0.0117. The Labute approximate surface area is 124 Å². The number of halogens is 1. The Hall–Kier alpha value is -1.55. The number of rotatable bonds is 7. The normalized spacial score (nSPS) is 10.6. The number of anilines is 1. The number of para-hydroxylation sites is 1. The molecule has 1 aromatic rings. The highest BCUT2D eigenvalue weighted by molar-refractivity contribution is 6.34. The van der Waals surface area contributed by atoms with Crippen molar-refractivity contribution in [3.05, 3.63) is 28.8 Å². The van der Waals surface area contributed by atoms with E-state index in [1.807, 2.05) is 13.8 Å². The first kappa shape index (κ1) is 16.5. The van der Waals surface area contributed by atoms with Crippen molar-refractivity contribution in [2.45, 2.75) is 39.5 Å². The first-order chi connectivity index (χ1) is 9.51. The van der Waals surface area contributed by atoms with Crippen molar-refractivity contribution in [1.82, 2.24) is 0 Å². The lowest BCUT2D eigenvalue weighted by Gasteiger charge is -2.17. The summed E-state index contributed by atoms with van der Waals surface area (Å²) in [6, 6.07) is 4.55. The van der Waals surface area contributed by atoms with Crippen LogP contribution in [0.15, 0.2) is 18.2 Å². The molecule has 0 aromatic heterocycles. The predicted octanol–water partition coefficient (Wildman–Crippen LogP) is 4.19. The maximum atomic E-state index is 12.3. The summed E-state index contributed by atoms with van der Waals surface area (Å²) < 4.78 is 0. The van der Waals surface area contributed by atoms with Crippen LogP contribution in [0.3, 0.4) is 0 Å². The number of hydrogen-bond donors (Lipinski definition) is 2. The quantitative estimate of drug-likeness (QED) is 0.793.